The van der Waals surface area contributed by atoms with E-state index in [4.69, 9.17) is 9.47 Å². The fourth-order valence-electron chi connectivity index (χ4n) is 1.61. The van der Waals surface area contributed by atoms with Crippen LogP contribution in [0.4, 0.5) is 4.79 Å². The van der Waals surface area contributed by atoms with E-state index in [0.717, 1.165) is 12.8 Å². The van der Waals surface area contributed by atoms with E-state index in [1.54, 1.807) is 6.92 Å². The molecule has 19 heavy (non-hydrogen) atoms. The minimum Gasteiger partial charge on any atom is -0.464 e. The molecule has 0 aliphatic rings. The predicted octanol–water partition coefficient (Wildman–Crippen LogP) is 2.98. The summed E-state index contributed by atoms with van der Waals surface area (Å²) < 4.78 is 9.82. The quantitative estimate of drug-likeness (QED) is 0.453. The first kappa shape index (κ1) is 17.7. The molecule has 5 nitrogen and oxygen atoms in total. The van der Waals surface area contributed by atoms with E-state index in [-0.39, 0.29) is 12.5 Å². The molecule has 0 aromatic heterocycles. The van der Waals surface area contributed by atoms with Crippen molar-refractivity contribution < 1.29 is 19.1 Å². The molecular formula is C14H27NO4. The summed E-state index contributed by atoms with van der Waals surface area (Å²) in [4.78, 5) is 23.9. The number of hydrogen-bond acceptors (Lipinski definition) is 4. The minimum absolute atomic E-state index is 0.0608. The van der Waals surface area contributed by atoms with Crippen LogP contribution in [0.1, 0.15) is 52.4 Å². The van der Waals surface area contributed by atoms with Gasteiger partial charge in [-0.15, -0.1) is 0 Å². The molecule has 0 bridgehead atoms. The highest BCUT2D eigenvalue weighted by Crippen LogP contribution is 2.05. The molecule has 0 aliphatic carbocycles. The van der Waals surface area contributed by atoms with E-state index in [1.165, 1.54) is 37.6 Å². The Bertz CT molecular complexity index is 256. The van der Waals surface area contributed by atoms with E-state index in [9.17, 15) is 9.59 Å². The molecule has 112 valence electrons. The molecule has 5 heteroatoms. The van der Waals surface area contributed by atoms with Gasteiger partial charge in [-0.1, -0.05) is 39.0 Å². The summed E-state index contributed by atoms with van der Waals surface area (Å²) in [5.41, 5.74) is 0. The fourth-order valence-corrected chi connectivity index (χ4v) is 1.61. The average Bonchev–Trinajstić information content (AvgIpc) is 2.38. The lowest BCUT2D eigenvalue weighted by Crippen LogP contribution is -2.33. The van der Waals surface area contributed by atoms with Crippen LogP contribution in [0.25, 0.3) is 0 Å². The molecule has 0 heterocycles. The Labute approximate surface area is 116 Å². The molecule has 0 aromatic rings. The van der Waals surface area contributed by atoms with Gasteiger partial charge in [0.2, 0.25) is 0 Å². The molecule has 0 atom stereocenters. The second-order valence-corrected chi connectivity index (χ2v) is 4.54. The van der Waals surface area contributed by atoms with Crippen LogP contribution in [0.3, 0.4) is 0 Å². The summed E-state index contributed by atoms with van der Waals surface area (Å²) in [7, 11) is 1.52. The third kappa shape index (κ3) is 10.4. The van der Waals surface area contributed by atoms with Crippen molar-refractivity contribution in [2.75, 3.05) is 26.8 Å². The van der Waals surface area contributed by atoms with Gasteiger partial charge in [0.25, 0.3) is 0 Å². The van der Waals surface area contributed by atoms with Crippen molar-refractivity contribution in [3.05, 3.63) is 0 Å². The van der Waals surface area contributed by atoms with E-state index in [1.807, 2.05) is 0 Å². The van der Waals surface area contributed by atoms with E-state index in [2.05, 4.69) is 6.92 Å². The summed E-state index contributed by atoms with van der Waals surface area (Å²) in [6.45, 7) is 4.58. The fraction of sp³-hybridized carbons (Fsp3) is 0.857. The average molecular weight is 273 g/mol. The largest absolute Gasteiger partial charge is 0.464 e. The number of nitrogens with zero attached hydrogens (tertiary/aromatic N) is 1. The molecule has 0 radical (unpaired) electrons. The summed E-state index contributed by atoms with van der Waals surface area (Å²) in [6.07, 6.45) is 6.40. The van der Waals surface area contributed by atoms with Crippen LogP contribution in [0.15, 0.2) is 0 Å². The Morgan fingerprint density at radius 2 is 1.58 bits per heavy atom. The van der Waals surface area contributed by atoms with Gasteiger partial charge in [-0.25, -0.2) is 4.79 Å². The van der Waals surface area contributed by atoms with Crippen LogP contribution >= 0.6 is 0 Å². The minimum atomic E-state index is -0.501. The van der Waals surface area contributed by atoms with Crippen LogP contribution in [0.5, 0.6) is 0 Å². The first-order valence-electron chi connectivity index (χ1n) is 7.15. The monoisotopic (exact) mass is 273 g/mol. The first-order chi connectivity index (χ1) is 9.11. The van der Waals surface area contributed by atoms with Gasteiger partial charge in [-0.05, 0) is 13.3 Å². The Morgan fingerprint density at radius 3 is 2.21 bits per heavy atom. The van der Waals surface area contributed by atoms with Crippen molar-refractivity contribution >= 4 is 12.1 Å². The summed E-state index contributed by atoms with van der Waals surface area (Å²) in [5.74, 6) is -0.385. The third-order valence-electron chi connectivity index (χ3n) is 2.71. The molecule has 0 saturated heterocycles. The van der Waals surface area contributed by atoms with Gasteiger partial charge in [-0.2, -0.15) is 0 Å². The van der Waals surface area contributed by atoms with Crippen LogP contribution in [-0.2, 0) is 14.3 Å². The molecule has 0 aliphatic heterocycles. The zero-order valence-corrected chi connectivity index (χ0v) is 12.4. The number of hydrogen-bond donors (Lipinski definition) is 0. The van der Waals surface area contributed by atoms with Gasteiger partial charge < -0.3 is 14.4 Å². The molecule has 0 N–H and O–H groups in total. The summed E-state index contributed by atoms with van der Waals surface area (Å²) in [6, 6.07) is 0. The Morgan fingerprint density at radius 1 is 0.947 bits per heavy atom. The lowest BCUT2D eigenvalue weighted by Gasteiger charge is -2.15. The van der Waals surface area contributed by atoms with Crippen LogP contribution in [0.2, 0.25) is 0 Å². The second kappa shape index (κ2) is 11.8. The van der Waals surface area contributed by atoms with Crippen molar-refractivity contribution in [3.8, 4) is 0 Å². The maximum Gasteiger partial charge on any atom is 0.410 e. The SMILES string of the molecule is CCCCCCCCOC(=O)CN(C)C(=O)OCC. The number of likely N-dealkylation sites (N-methyl/N-ethyl adjacent to an activating group) is 1. The van der Waals surface area contributed by atoms with Gasteiger partial charge in [0.1, 0.15) is 6.54 Å². The Balaban J connectivity index is 3.51. The van der Waals surface area contributed by atoms with E-state index < -0.39 is 6.09 Å². The first-order valence-corrected chi connectivity index (χ1v) is 7.15. The topological polar surface area (TPSA) is 55.8 Å². The predicted molar refractivity (Wildman–Crippen MR) is 74.0 cm³/mol. The van der Waals surface area contributed by atoms with Gasteiger partial charge in [-0.3, -0.25) is 4.79 Å². The molecule has 1 amide bonds. The highest BCUT2D eigenvalue weighted by molar-refractivity contribution is 5.77. The number of amides is 1. The molecule has 0 rings (SSSR count). The van der Waals surface area contributed by atoms with Crippen molar-refractivity contribution in [2.45, 2.75) is 52.4 Å². The summed E-state index contributed by atoms with van der Waals surface area (Å²) in [5, 5.41) is 0. The lowest BCUT2D eigenvalue weighted by molar-refractivity contribution is -0.144. The highest BCUT2D eigenvalue weighted by Gasteiger charge is 2.14. The number of carbonyl (C=O) groups is 2. The zero-order valence-electron chi connectivity index (χ0n) is 12.4. The van der Waals surface area contributed by atoms with Crippen LogP contribution < -0.4 is 0 Å². The Hall–Kier alpha value is -1.26. The normalized spacial score (nSPS) is 10.1. The lowest BCUT2D eigenvalue weighted by atomic mass is 10.1. The molecule has 0 unspecified atom stereocenters. The highest BCUT2D eigenvalue weighted by atomic mass is 16.6. The second-order valence-electron chi connectivity index (χ2n) is 4.54. The molecule has 0 aromatic carbocycles. The smallest absolute Gasteiger partial charge is 0.410 e. The number of esters is 1. The molecule has 0 saturated carbocycles. The zero-order chi connectivity index (χ0) is 14.5. The van der Waals surface area contributed by atoms with Gasteiger partial charge in [0, 0.05) is 7.05 Å². The molecule has 0 spiro atoms. The number of unbranched alkanes of at least 4 members (excludes halogenated alkanes) is 5. The van der Waals surface area contributed by atoms with Crippen molar-refractivity contribution in [1.82, 2.24) is 4.90 Å². The number of rotatable bonds is 10. The summed E-state index contributed by atoms with van der Waals surface area (Å²) >= 11 is 0. The van der Waals surface area contributed by atoms with Crippen LogP contribution in [-0.4, -0.2) is 43.8 Å². The van der Waals surface area contributed by atoms with Crippen molar-refractivity contribution in [1.29, 1.82) is 0 Å². The van der Waals surface area contributed by atoms with E-state index >= 15 is 0 Å². The molecule has 0 fully saturated rings. The Kier molecular flexibility index (Phi) is 11.0. The molecular weight excluding hydrogens is 246 g/mol. The maximum absolute atomic E-state index is 11.4. The van der Waals surface area contributed by atoms with Crippen molar-refractivity contribution in [2.24, 2.45) is 0 Å². The van der Waals surface area contributed by atoms with Crippen molar-refractivity contribution in [3.63, 3.8) is 0 Å². The van der Waals surface area contributed by atoms with Gasteiger partial charge in [0.05, 0.1) is 13.2 Å². The number of carbonyl (C=O) groups excluding carboxylic acids is 2. The van der Waals surface area contributed by atoms with Gasteiger partial charge >= 0.3 is 12.1 Å². The van der Waals surface area contributed by atoms with Crippen LogP contribution in [0, 0.1) is 0 Å². The van der Waals surface area contributed by atoms with E-state index in [0.29, 0.717) is 13.2 Å². The standard InChI is InChI=1S/C14H27NO4/c1-4-6-7-8-9-10-11-19-13(16)12-15(3)14(17)18-5-2/h4-12H2,1-3H3. The third-order valence-corrected chi connectivity index (χ3v) is 2.71. The van der Waals surface area contributed by atoms with Gasteiger partial charge in [0.15, 0.2) is 0 Å². The maximum atomic E-state index is 11.4. The number of ether oxygens (including phenoxy) is 2.